The highest BCUT2D eigenvalue weighted by molar-refractivity contribution is 5.83. The van der Waals surface area contributed by atoms with Gasteiger partial charge in [-0.1, -0.05) is 39.8 Å². The first-order valence-electron chi connectivity index (χ1n) is 20.7. The average molecular weight is 825 g/mol. The van der Waals surface area contributed by atoms with E-state index in [1.807, 2.05) is 13.8 Å². The summed E-state index contributed by atoms with van der Waals surface area (Å²) in [6.45, 7) is 8.96. The summed E-state index contributed by atoms with van der Waals surface area (Å²) < 4.78 is 28.5. The molecule has 7 rings (SSSR count). The van der Waals surface area contributed by atoms with Gasteiger partial charge in [-0.15, -0.1) is 0 Å². The Morgan fingerprint density at radius 1 is 0.845 bits per heavy atom. The first kappa shape index (κ1) is 44.0. The van der Waals surface area contributed by atoms with E-state index in [9.17, 15) is 55.5 Å². The van der Waals surface area contributed by atoms with Crippen molar-refractivity contribution in [3.8, 4) is 0 Å². The molecule has 3 saturated carbocycles. The standard InChI is InChI=1S/C42H64O16/c1-37(36(53)54-6)11-13-42(35(51)52)14-12-40(4)20(21(42)15-37)7-8-26-38(2)16-22(45)32(39(3,19-44)25(38)9-10-41(26,40)5)58-33-30(49)28(47)24(18-55-33)57-34-31(50)29(48)27(46)23(17-43)56-34/h7-8,22-34,43-50H,9-19H2,1-6H3,(H,51,52). The zero-order valence-corrected chi connectivity index (χ0v) is 34.3. The SMILES string of the molecule is COC(=O)C1(C)CCC2(C(=O)O)CCC3(C)C(=C2C1)C=CC1C2(C)CC(O)C(OC4OCC(OC5OC(CO)C(O)C(O)C5O)C(O)C4O)C(C)(CO)C2CCC13C. The highest BCUT2D eigenvalue weighted by Gasteiger charge is 2.70. The number of fused-ring (bicyclic) bond motifs is 6. The van der Waals surface area contributed by atoms with Crippen LogP contribution in [0.3, 0.4) is 0 Å². The van der Waals surface area contributed by atoms with E-state index in [0.717, 1.165) is 17.6 Å². The largest absolute Gasteiger partial charge is 0.481 e. The Balaban J connectivity index is 1.14. The summed E-state index contributed by atoms with van der Waals surface area (Å²) >= 11 is 0. The third kappa shape index (κ3) is 6.22. The van der Waals surface area contributed by atoms with Crippen LogP contribution in [0, 0.1) is 44.3 Å². The van der Waals surface area contributed by atoms with Gasteiger partial charge in [-0.05, 0) is 97.5 Å². The van der Waals surface area contributed by atoms with Gasteiger partial charge >= 0.3 is 11.9 Å². The minimum absolute atomic E-state index is 0.0962. The molecular weight excluding hydrogens is 760 g/mol. The van der Waals surface area contributed by atoms with E-state index < -0.39 is 107 Å². The lowest BCUT2D eigenvalue weighted by Gasteiger charge is -2.70. The van der Waals surface area contributed by atoms with Crippen LogP contribution >= 0.6 is 0 Å². The lowest BCUT2D eigenvalue weighted by Crippen LogP contribution is -2.68. The Hall–Kier alpha value is -2.06. The van der Waals surface area contributed by atoms with Gasteiger partial charge < -0.3 is 69.6 Å². The molecule has 7 aliphatic rings. The molecule has 5 aliphatic carbocycles. The van der Waals surface area contributed by atoms with Crippen molar-refractivity contribution < 1.29 is 79.2 Å². The van der Waals surface area contributed by atoms with Crippen LogP contribution in [0.1, 0.15) is 86.0 Å². The van der Waals surface area contributed by atoms with Crippen molar-refractivity contribution in [1.29, 1.82) is 0 Å². The van der Waals surface area contributed by atoms with Crippen LogP contribution in [-0.4, -0.2) is 152 Å². The molecule has 0 spiro atoms. The number of hydrogen-bond donors (Lipinski definition) is 9. The average Bonchev–Trinajstić information content (AvgIpc) is 3.18. The Morgan fingerprint density at radius 3 is 2.16 bits per heavy atom. The molecule has 5 fully saturated rings. The van der Waals surface area contributed by atoms with Crippen molar-refractivity contribution in [3.05, 3.63) is 23.3 Å². The van der Waals surface area contributed by atoms with Crippen molar-refractivity contribution in [2.24, 2.45) is 44.3 Å². The first-order valence-corrected chi connectivity index (χ1v) is 20.7. The van der Waals surface area contributed by atoms with Gasteiger partial charge in [0, 0.05) is 5.41 Å². The van der Waals surface area contributed by atoms with Crippen LogP contribution < -0.4 is 0 Å². The smallest absolute Gasteiger partial charge is 0.313 e. The Morgan fingerprint density at radius 2 is 1.52 bits per heavy atom. The van der Waals surface area contributed by atoms with E-state index >= 15 is 0 Å². The van der Waals surface area contributed by atoms with Crippen LogP contribution in [0.15, 0.2) is 23.3 Å². The number of carboxylic acids is 1. The number of rotatable bonds is 8. The number of aliphatic hydroxyl groups is 8. The topological polar surface area (TPSA) is 262 Å². The molecule has 0 aromatic heterocycles. The lowest BCUT2D eigenvalue weighted by atomic mass is 9.35. The summed E-state index contributed by atoms with van der Waals surface area (Å²) in [5.74, 6) is -1.49. The molecular formula is C42H64O16. The molecule has 0 bridgehead atoms. The first-order chi connectivity index (χ1) is 27.1. The number of carbonyl (C=O) groups is 2. The molecule has 0 amide bonds. The predicted octanol–water partition coefficient (Wildman–Crippen LogP) is 0.538. The molecule has 0 radical (unpaired) electrons. The fraction of sp³-hybridized carbons (Fsp3) is 0.857. The van der Waals surface area contributed by atoms with Crippen LogP contribution in [0.4, 0.5) is 0 Å². The summed E-state index contributed by atoms with van der Waals surface area (Å²) in [6, 6.07) is 0. The minimum atomic E-state index is -1.73. The minimum Gasteiger partial charge on any atom is -0.481 e. The Labute approximate surface area is 338 Å². The van der Waals surface area contributed by atoms with Crippen LogP contribution in [0.2, 0.25) is 0 Å². The van der Waals surface area contributed by atoms with Crippen LogP contribution in [-0.2, 0) is 33.3 Å². The summed E-state index contributed by atoms with van der Waals surface area (Å²) in [6.07, 6.45) is -8.07. The second-order valence-corrected chi connectivity index (χ2v) is 19.7. The van der Waals surface area contributed by atoms with Gasteiger partial charge in [0.05, 0.1) is 50.0 Å². The number of carbonyl (C=O) groups excluding carboxylic acids is 1. The van der Waals surface area contributed by atoms with Gasteiger partial charge in [0.2, 0.25) is 0 Å². The highest BCUT2D eigenvalue weighted by atomic mass is 16.7. The van der Waals surface area contributed by atoms with Crippen molar-refractivity contribution in [1.82, 2.24) is 0 Å². The Kier molecular flexibility index (Phi) is 11.4. The molecule has 0 aromatic carbocycles. The molecule has 19 unspecified atom stereocenters. The summed E-state index contributed by atoms with van der Waals surface area (Å²) in [5.41, 5.74) is -2.58. The van der Waals surface area contributed by atoms with E-state index in [2.05, 4.69) is 32.9 Å². The van der Waals surface area contributed by atoms with E-state index in [1.54, 1.807) is 0 Å². The van der Waals surface area contributed by atoms with E-state index in [-0.39, 0.29) is 42.9 Å². The van der Waals surface area contributed by atoms with Gasteiger partial charge in [-0.25, -0.2) is 0 Å². The zero-order chi connectivity index (χ0) is 42.5. The van der Waals surface area contributed by atoms with E-state index in [4.69, 9.17) is 23.7 Å². The zero-order valence-electron chi connectivity index (χ0n) is 34.3. The fourth-order valence-electron chi connectivity index (χ4n) is 13.1. The Bertz CT molecular complexity index is 1670. The molecule has 2 aliphatic heterocycles. The number of ether oxygens (including phenoxy) is 5. The summed E-state index contributed by atoms with van der Waals surface area (Å²) in [4.78, 5) is 26.2. The molecule has 328 valence electrons. The van der Waals surface area contributed by atoms with Gasteiger partial charge in [0.25, 0.3) is 0 Å². The molecule has 9 N–H and O–H groups in total. The monoisotopic (exact) mass is 824 g/mol. The molecule has 58 heavy (non-hydrogen) atoms. The predicted molar refractivity (Wildman–Crippen MR) is 201 cm³/mol. The van der Waals surface area contributed by atoms with Crippen molar-refractivity contribution >= 4 is 11.9 Å². The maximum absolute atomic E-state index is 13.1. The van der Waals surface area contributed by atoms with Crippen LogP contribution in [0.25, 0.3) is 0 Å². The molecule has 0 aromatic rings. The maximum atomic E-state index is 13.1. The van der Waals surface area contributed by atoms with Gasteiger partial charge in [-0.2, -0.15) is 0 Å². The second kappa shape index (κ2) is 15.1. The molecule has 16 nitrogen and oxygen atoms in total. The van der Waals surface area contributed by atoms with Gasteiger partial charge in [0.15, 0.2) is 12.6 Å². The number of aliphatic carboxylic acids is 1. The number of allylic oxidation sites excluding steroid dienone is 3. The number of carboxylic acid groups (broad SMARTS) is 1. The van der Waals surface area contributed by atoms with Gasteiger partial charge in [-0.3, -0.25) is 9.59 Å². The normalized spacial score (nSPS) is 52.8. The maximum Gasteiger partial charge on any atom is 0.313 e. The third-order valence-electron chi connectivity index (χ3n) is 16.8. The molecule has 2 saturated heterocycles. The quantitative estimate of drug-likeness (QED) is 0.120. The number of methoxy groups -OCH3 is 1. The van der Waals surface area contributed by atoms with Crippen molar-refractivity contribution in [3.63, 3.8) is 0 Å². The summed E-state index contributed by atoms with van der Waals surface area (Å²) in [7, 11) is 1.37. The van der Waals surface area contributed by atoms with Gasteiger partial charge in [0.1, 0.15) is 42.7 Å². The second-order valence-electron chi connectivity index (χ2n) is 19.7. The fourth-order valence-corrected chi connectivity index (χ4v) is 13.1. The summed E-state index contributed by atoms with van der Waals surface area (Å²) in [5, 5.41) is 96.7. The number of esters is 1. The third-order valence-corrected chi connectivity index (χ3v) is 16.8. The number of hydrogen-bond acceptors (Lipinski definition) is 15. The van der Waals surface area contributed by atoms with E-state index in [1.165, 1.54) is 7.11 Å². The van der Waals surface area contributed by atoms with Crippen molar-refractivity contribution in [2.45, 2.75) is 154 Å². The molecule has 2 heterocycles. The molecule has 19 atom stereocenters. The molecule has 16 heteroatoms. The lowest BCUT2D eigenvalue weighted by molar-refractivity contribution is -0.357. The highest BCUT2D eigenvalue weighted by Crippen LogP contribution is 2.74. The van der Waals surface area contributed by atoms with Crippen molar-refractivity contribution in [2.75, 3.05) is 26.9 Å². The van der Waals surface area contributed by atoms with E-state index in [0.29, 0.717) is 38.5 Å². The number of aliphatic hydroxyl groups excluding tert-OH is 8. The van der Waals surface area contributed by atoms with Crippen LogP contribution in [0.5, 0.6) is 0 Å².